The lowest BCUT2D eigenvalue weighted by molar-refractivity contribution is -0.110. The first-order valence-electron chi connectivity index (χ1n) is 5.36. The quantitative estimate of drug-likeness (QED) is 0.635. The Hall–Kier alpha value is -2.28. The maximum Gasteiger partial charge on any atom is 0.207 e. The number of nitrogens with one attached hydrogen (secondary N) is 1. The van der Waals surface area contributed by atoms with E-state index in [1.165, 1.54) is 0 Å². The number of aromatic nitrogens is 2. The molecular weight excluding hydrogens is 214 g/mol. The van der Waals surface area contributed by atoms with Gasteiger partial charge in [-0.1, -0.05) is 18.1 Å². The molecule has 0 saturated heterocycles. The summed E-state index contributed by atoms with van der Waals surface area (Å²) in [7, 11) is 0. The van der Waals surface area contributed by atoms with Crippen LogP contribution >= 0.6 is 0 Å². The van der Waals surface area contributed by atoms with Crippen molar-refractivity contribution in [1.82, 2.24) is 14.9 Å². The van der Waals surface area contributed by atoms with E-state index in [0.29, 0.717) is 13.0 Å². The lowest BCUT2D eigenvalue weighted by Crippen LogP contribution is -2.20. The van der Waals surface area contributed by atoms with Crippen molar-refractivity contribution < 1.29 is 4.79 Å². The molecule has 0 aliphatic rings. The SMILES string of the molecule is C#CCn1c([C@@H](C)NC=O)nc2ccccc21. The predicted octanol–water partition coefficient (Wildman–Crippen LogP) is 1.48. The van der Waals surface area contributed by atoms with Crippen molar-refractivity contribution in [2.24, 2.45) is 0 Å². The fourth-order valence-electron chi connectivity index (χ4n) is 1.86. The van der Waals surface area contributed by atoms with Crippen LogP contribution in [0, 0.1) is 12.3 Å². The number of amides is 1. The third kappa shape index (κ3) is 2.00. The Balaban J connectivity index is 2.57. The molecule has 0 spiro atoms. The van der Waals surface area contributed by atoms with Crippen LogP contribution in [0.3, 0.4) is 0 Å². The van der Waals surface area contributed by atoms with E-state index in [0.717, 1.165) is 16.9 Å². The predicted molar refractivity (Wildman–Crippen MR) is 66.2 cm³/mol. The lowest BCUT2D eigenvalue weighted by Gasteiger charge is -2.11. The van der Waals surface area contributed by atoms with Gasteiger partial charge in [-0.25, -0.2) is 4.98 Å². The van der Waals surface area contributed by atoms with Crippen molar-refractivity contribution in [3.63, 3.8) is 0 Å². The van der Waals surface area contributed by atoms with Gasteiger partial charge in [0.1, 0.15) is 5.82 Å². The summed E-state index contributed by atoms with van der Waals surface area (Å²) in [5.41, 5.74) is 1.87. The molecule has 0 fully saturated rings. The van der Waals surface area contributed by atoms with Gasteiger partial charge in [-0.2, -0.15) is 0 Å². The second kappa shape index (κ2) is 4.71. The van der Waals surface area contributed by atoms with Crippen LogP contribution < -0.4 is 5.32 Å². The molecule has 0 unspecified atom stereocenters. The monoisotopic (exact) mass is 227 g/mol. The zero-order valence-electron chi connectivity index (χ0n) is 9.55. The zero-order valence-corrected chi connectivity index (χ0v) is 9.55. The number of carbonyl (C=O) groups excluding carboxylic acids is 1. The highest BCUT2D eigenvalue weighted by molar-refractivity contribution is 5.76. The molecule has 1 N–H and O–H groups in total. The van der Waals surface area contributed by atoms with Gasteiger partial charge < -0.3 is 9.88 Å². The third-order valence-corrected chi connectivity index (χ3v) is 2.64. The molecule has 0 radical (unpaired) electrons. The molecule has 0 saturated carbocycles. The molecule has 2 aromatic rings. The summed E-state index contributed by atoms with van der Waals surface area (Å²) in [6, 6.07) is 7.61. The fourth-order valence-corrected chi connectivity index (χ4v) is 1.86. The van der Waals surface area contributed by atoms with Crippen LogP contribution in [0.5, 0.6) is 0 Å². The van der Waals surface area contributed by atoms with Crippen LogP contribution in [0.25, 0.3) is 11.0 Å². The van der Waals surface area contributed by atoms with Gasteiger partial charge in [0.2, 0.25) is 6.41 Å². The molecule has 2 rings (SSSR count). The lowest BCUT2D eigenvalue weighted by atomic mass is 10.3. The topological polar surface area (TPSA) is 46.9 Å². The van der Waals surface area contributed by atoms with Crippen molar-refractivity contribution >= 4 is 17.4 Å². The van der Waals surface area contributed by atoms with Crippen LogP contribution in [-0.4, -0.2) is 16.0 Å². The normalized spacial score (nSPS) is 12.0. The van der Waals surface area contributed by atoms with E-state index in [-0.39, 0.29) is 6.04 Å². The number of hydrogen-bond donors (Lipinski definition) is 1. The summed E-state index contributed by atoms with van der Waals surface area (Å²) in [5.74, 6) is 3.38. The Morgan fingerprint density at radius 1 is 1.59 bits per heavy atom. The molecule has 1 heterocycles. The van der Waals surface area contributed by atoms with Crippen molar-refractivity contribution in [3.05, 3.63) is 30.1 Å². The highest BCUT2D eigenvalue weighted by atomic mass is 16.1. The van der Waals surface area contributed by atoms with Crippen LogP contribution in [0.1, 0.15) is 18.8 Å². The zero-order chi connectivity index (χ0) is 12.3. The number of carbonyl (C=O) groups is 1. The van der Waals surface area contributed by atoms with Gasteiger partial charge in [-0.05, 0) is 19.1 Å². The van der Waals surface area contributed by atoms with Gasteiger partial charge in [-0.15, -0.1) is 6.42 Å². The van der Waals surface area contributed by atoms with Gasteiger partial charge in [-0.3, -0.25) is 4.79 Å². The average molecular weight is 227 g/mol. The second-order valence-electron chi connectivity index (χ2n) is 3.76. The Labute approximate surface area is 99.7 Å². The Morgan fingerprint density at radius 2 is 2.35 bits per heavy atom. The van der Waals surface area contributed by atoms with E-state index >= 15 is 0 Å². The molecule has 4 heteroatoms. The summed E-state index contributed by atoms with van der Waals surface area (Å²) in [5, 5.41) is 2.69. The number of benzene rings is 1. The van der Waals surface area contributed by atoms with E-state index < -0.39 is 0 Å². The summed E-state index contributed by atoms with van der Waals surface area (Å²) >= 11 is 0. The highest BCUT2D eigenvalue weighted by Crippen LogP contribution is 2.20. The minimum atomic E-state index is -0.159. The van der Waals surface area contributed by atoms with E-state index in [2.05, 4.69) is 16.2 Å². The van der Waals surface area contributed by atoms with Crippen LogP contribution in [0.2, 0.25) is 0 Å². The van der Waals surface area contributed by atoms with Crippen molar-refractivity contribution in [2.75, 3.05) is 0 Å². The second-order valence-corrected chi connectivity index (χ2v) is 3.76. The number of hydrogen-bond acceptors (Lipinski definition) is 2. The summed E-state index contributed by atoms with van der Waals surface area (Å²) in [6.45, 7) is 2.32. The van der Waals surface area contributed by atoms with Crippen molar-refractivity contribution in [3.8, 4) is 12.3 Å². The van der Waals surface area contributed by atoms with Crippen LogP contribution in [-0.2, 0) is 11.3 Å². The molecule has 0 aliphatic heterocycles. The minimum absolute atomic E-state index is 0.159. The maximum absolute atomic E-state index is 10.5. The fraction of sp³-hybridized carbons (Fsp3) is 0.231. The highest BCUT2D eigenvalue weighted by Gasteiger charge is 2.14. The number of para-hydroxylation sites is 2. The van der Waals surface area contributed by atoms with Gasteiger partial charge in [0.15, 0.2) is 0 Å². The maximum atomic E-state index is 10.5. The minimum Gasteiger partial charge on any atom is -0.349 e. The summed E-state index contributed by atoms with van der Waals surface area (Å²) in [6.07, 6.45) is 6.04. The molecule has 1 aromatic carbocycles. The van der Waals surface area contributed by atoms with Gasteiger partial charge in [0.05, 0.1) is 23.6 Å². The van der Waals surface area contributed by atoms with Crippen molar-refractivity contribution in [1.29, 1.82) is 0 Å². The van der Waals surface area contributed by atoms with E-state index in [9.17, 15) is 4.79 Å². The first-order chi connectivity index (χ1) is 8.27. The largest absolute Gasteiger partial charge is 0.349 e. The average Bonchev–Trinajstić information content (AvgIpc) is 2.70. The van der Waals surface area contributed by atoms with Crippen molar-refractivity contribution in [2.45, 2.75) is 19.5 Å². The van der Waals surface area contributed by atoms with Gasteiger partial charge >= 0.3 is 0 Å². The first-order valence-corrected chi connectivity index (χ1v) is 5.36. The summed E-state index contributed by atoms with van der Waals surface area (Å²) in [4.78, 5) is 15.0. The number of fused-ring (bicyclic) bond motifs is 1. The number of imidazole rings is 1. The molecule has 17 heavy (non-hydrogen) atoms. The smallest absolute Gasteiger partial charge is 0.207 e. The number of nitrogens with zero attached hydrogens (tertiary/aromatic N) is 2. The van der Waals surface area contributed by atoms with Crippen LogP contribution in [0.4, 0.5) is 0 Å². The molecule has 0 aliphatic carbocycles. The standard InChI is InChI=1S/C13H13N3O/c1-3-8-16-12-7-5-4-6-11(12)15-13(16)10(2)14-9-17/h1,4-7,9-10H,8H2,2H3,(H,14,17)/t10-/m1/s1. The van der Waals surface area contributed by atoms with E-state index in [4.69, 9.17) is 6.42 Å². The molecule has 1 atom stereocenters. The molecule has 1 amide bonds. The van der Waals surface area contributed by atoms with E-state index in [1.54, 1.807) is 0 Å². The Morgan fingerprint density at radius 3 is 3.06 bits per heavy atom. The number of terminal acetylenes is 1. The molecular formula is C13H13N3O. The number of rotatable bonds is 4. The Kier molecular flexibility index (Phi) is 3.10. The van der Waals surface area contributed by atoms with E-state index in [1.807, 2.05) is 35.8 Å². The van der Waals surface area contributed by atoms with Crippen LogP contribution in [0.15, 0.2) is 24.3 Å². The van der Waals surface area contributed by atoms with Gasteiger partial charge in [0, 0.05) is 0 Å². The first kappa shape index (κ1) is 11.2. The molecule has 4 nitrogen and oxygen atoms in total. The molecule has 86 valence electrons. The van der Waals surface area contributed by atoms with Gasteiger partial charge in [0.25, 0.3) is 0 Å². The molecule has 0 bridgehead atoms. The third-order valence-electron chi connectivity index (χ3n) is 2.64. The summed E-state index contributed by atoms with van der Waals surface area (Å²) < 4.78 is 1.94. The Bertz CT molecular complexity index is 580. The molecule has 1 aromatic heterocycles.